The number of hydrogen-bond acceptors (Lipinski definition) is 2. The number of aryl methyl sites for hydroxylation is 1. The van der Waals surface area contributed by atoms with Gasteiger partial charge >= 0.3 is 0 Å². The minimum Gasteiger partial charge on any atom is -0.261 e. The van der Waals surface area contributed by atoms with Crippen molar-refractivity contribution in [2.75, 3.05) is 0 Å². The SMILES string of the molecule is Cc1cncc(C[C@@H](C)[C@H]2CC[C@H]3[C@@H]4CCC5CC(C)(C)CC[C@@H]5[C@H]4CC[C@]23C)n1. The van der Waals surface area contributed by atoms with Gasteiger partial charge in [-0.1, -0.05) is 27.7 Å². The molecule has 5 rings (SSSR count). The second kappa shape index (κ2) is 7.59. The van der Waals surface area contributed by atoms with Gasteiger partial charge in [-0.3, -0.25) is 9.97 Å². The molecule has 30 heavy (non-hydrogen) atoms. The highest BCUT2D eigenvalue weighted by molar-refractivity contribution is 5.09. The Balaban J connectivity index is 1.30. The van der Waals surface area contributed by atoms with Crippen molar-refractivity contribution in [3.8, 4) is 0 Å². The fourth-order valence-electron chi connectivity index (χ4n) is 9.37. The van der Waals surface area contributed by atoms with Crippen LogP contribution in [-0.4, -0.2) is 9.97 Å². The summed E-state index contributed by atoms with van der Waals surface area (Å²) in [5.74, 6) is 6.75. The van der Waals surface area contributed by atoms with Crippen molar-refractivity contribution in [1.29, 1.82) is 0 Å². The molecule has 0 amide bonds. The van der Waals surface area contributed by atoms with Crippen molar-refractivity contribution in [2.45, 2.75) is 98.8 Å². The van der Waals surface area contributed by atoms with Crippen molar-refractivity contribution in [3.63, 3.8) is 0 Å². The zero-order valence-electron chi connectivity index (χ0n) is 20.2. The third kappa shape index (κ3) is 3.55. The van der Waals surface area contributed by atoms with Crippen molar-refractivity contribution in [3.05, 3.63) is 23.8 Å². The lowest BCUT2D eigenvalue weighted by Gasteiger charge is -2.57. The Morgan fingerprint density at radius 1 is 0.933 bits per heavy atom. The molecule has 0 aromatic carbocycles. The minimum atomic E-state index is 0.568. The van der Waals surface area contributed by atoms with E-state index in [2.05, 4.69) is 39.6 Å². The first-order valence-corrected chi connectivity index (χ1v) is 13.0. The van der Waals surface area contributed by atoms with Crippen LogP contribution < -0.4 is 0 Å². The molecule has 1 aromatic rings. The van der Waals surface area contributed by atoms with E-state index < -0.39 is 0 Å². The first-order chi connectivity index (χ1) is 14.3. The molecule has 1 heterocycles. The molecule has 0 aliphatic heterocycles. The van der Waals surface area contributed by atoms with Gasteiger partial charge in [0.15, 0.2) is 0 Å². The van der Waals surface area contributed by atoms with E-state index in [0.29, 0.717) is 10.8 Å². The quantitative estimate of drug-likeness (QED) is 0.526. The Morgan fingerprint density at radius 2 is 1.73 bits per heavy atom. The molecule has 0 bridgehead atoms. The summed E-state index contributed by atoms with van der Waals surface area (Å²) in [5.41, 5.74) is 3.43. The van der Waals surface area contributed by atoms with Crippen LogP contribution in [0.3, 0.4) is 0 Å². The topological polar surface area (TPSA) is 25.8 Å². The number of fused-ring (bicyclic) bond motifs is 5. The van der Waals surface area contributed by atoms with Crippen molar-refractivity contribution in [2.24, 2.45) is 52.3 Å². The van der Waals surface area contributed by atoms with Gasteiger partial charge in [-0.25, -0.2) is 0 Å². The van der Waals surface area contributed by atoms with E-state index in [1.54, 1.807) is 0 Å². The third-order valence-electron chi connectivity index (χ3n) is 10.6. The number of aromatic nitrogens is 2. The Kier molecular flexibility index (Phi) is 5.30. The fraction of sp³-hybridized carbons (Fsp3) is 0.857. The molecule has 2 heteroatoms. The summed E-state index contributed by atoms with van der Waals surface area (Å²) in [4.78, 5) is 9.17. The molecule has 1 unspecified atom stereocenters. The normalized spacial score (nSPS) is 43.4. The van der Waals surface area contributed by atoms with Gasteiger partial charge in [0.05, 0.1) is 11.4 Å². The maximum Gasteiger partial charge on any atom is 0.0592 e. The molecule has 8 atom stereocenters. The monoisotopic (exact) mass is 408 g/mol. The van der Waals surface area contributed by atoms with Crippen LogP contribution in [0.5, 0.6) is 0 Å². The van der Waals surface area contributed by atoms with Gasteiger partial charge in [0.2, 0.25) is 0 Å². The number of nitrogens with zero attached hydrogens (tertiary/aromatic N) is 2. The molecule has 166 valence electrons. The van der Waals surface area contributed by atoms with Crippen LogP contribution >= 0.6 is 0 Å². The van der Waals surface area contributed by atoms with E-state index in [0.717, 1.165) is 53.5 Å². The predicted octanol–water partition coefficient (Wildman–Crippen LogP) is 7.26. The summed E-state index contributed by atoms with van der Waals surface area (Å²) in [6, 6.07) is 0. The van der Waals surface area contributed by atoms with Crippen molar-refractivity contribution < 1.29 is 0 Å². The lowest BCUT2D eigenvalue weighted by atomic mass is 9.48. The van der Waals surface area contributed by atoms with Crippen molar-refractivity contribution >= 4 is 0 Å². The van der Waals surface area contributed by atoms with Crippen LogP contribution in [0.25, 0.3) is 0 Å². The summed E-state index contributed by atoms with van der Waals surface area (Å²) in [6.45, 7) is 12.3. The number of rotatable bonds is 3. The molecule has 4 aliphatic rings. The zero-order valence-corrected chi connectivity index (χ0v) is 20.2. The largest absolute Gasteiger partial charge is 0.261 e. The molecule has 0 radical (unpaired) electrons. The van der Waals surface area contributed by atoms with Gasteiger partial charge in [0.25, 0.3) is 0 Å². The highest BCUT2D eigenvalue weighted by atomic mass is 14.8. The predicted molar refractivity (Wildman–Crippen MR) is 124 cm³/mol. The third-order valence-corrected chi connectivity index (χ3v) is 10.6. The molecule has 1 aromatic heterocycles. The molecule has 2 nitrogen and oxygen atoms in total. The smallest absolute Gasteiger partial charge is 0.0592 e. The average Bonchev–Trinajstić information content (AvgIpc) is 3.04. The Bertz CT molecular complexity index is 770. The first-order valence-electron chi connectivity index (χ1n) is 13.0. The molecule has 4 fully saturated rings. The number of hydrogen-bond donors (Lipinski definition) is 0. The van der Waals surface area contributed by atoms with Crippen LogP contribution in [0.4, 0.5) is 0 Å². The second-order valence-electron chi connectivity index (χ2n) is 12.9. The van der Waals surface area contributed by atoms with E-state index in [4.69, 9.17) is 4.98 Å². The van der Waals surface area contributed by atoms with Gasteiger partial charge in [-0.2, -0.15) is 0 Å². The lowest BCUT2D eigenvalue weighted by molar-refractivity contribution is -0.0807. The first kappa shape index (κ1) is 21.0. The maximum atomic E-state index is 4.77. The van der Waals surface area contributed by atoms with Crippen LogP contribution in [0.1, 0.15) is 96.9 Å². The van der Waals surface area contributed by atoms with Gasteiger partial charge < -0.3 is 0 Å². The van der Waals surface area contributed by atoms with Crippen LogP contribution in [0.2, 0.25) is 0 Å². The van der Waals surface area contributed by atoms with Crippen LogP contribution in [0.15, 0.2) is 12.4 Å². The highest BCUT2D eigenvalue weighted by Gasteiger charge is 2.57. The minimum absolute atomic E-state index is 0.568. The molecule has 0 saturated heterocycles. The lowest BCUT2D eigenvalue weighted by Crippen LogP contribution is -2.49. The highest BCUT2D eigenvalue weighted by Crippen LogP contribution is 2.66. The van der Waals surface area contributed by atoms with Crippen molar-refractivity contribution in [1.82, 2.24) is 9.97 Å². The summed E-state index contributed by atoms with van der Waals surface area (Å²) in [6.07, 6.45) is 18.5. The van der Waals surface area contributed by atoms with E-state index in [1.807, 2.05) is 12.4 Å². The second-order valence-corrected chi connectivity index (χ2v) is 12.9. The van der Waals surface area contributed by atoms with E-state index in [9.17, 15) is 0 Å². The Hall–Kier alpha value is -0.920. The molecule has 4 saturated carbocycles. The molecule has 0 N–H and O–H groups in total. The van der Waals surface area contributed by atoms with Gasteiger partial charge in [-0.15, -0.1) is 0 Å². The molecule has 0 spiro atoms. The standard InChI is InChI=1S/C28H44N2/c1-18(14-21-17-29-16-19(2)30-21)25-8-9-26-24-7-6-20-15-27(3,4)12-10-22(20)23(24)11-13-28(25,26)5/h16-18,20,22-26H,6-15H2,1-5H3/t18-,20?,22+,23-,24-,25-,26+,28-/m1/s1. The van der Waals surface area contributed by atoms with Gasteiger partial charge in [0.1, 0.15) is 0 Å². The maximum absolute atomic E-state index is 4.77. The van der Waals surface area contributed by atoms with E-state index in [-0.39, 0.29) is 0 Å². The summed E-state index contributed by atoms with van der Waals surface area (Å²) < 4.78 is 0. The van der Waals surface area contributed by atoms with Gasteiger partial charge in [0, 0.05) is 12.4 Å². The fourth-order valence-corrected chi connectivity index (χ4v) is 9.37. The van der Waals surface area contributed by atoms with Crippen LogP contribution in [0, 0.1) is 59.2 Å². The van der Waals surface area contributed by atoms with Crippen LogP contribution in [-0.2, 0) is 6.42 Å². The Morgan fingerprint density at radius 3 is 2.53 bits per heavy atom. The van der Waals surface area contributed by atoms with E-state index >= 15 is 0 Å². The Labute approximate surface area is 185 Å². The summed E-state index contributed by atoms with van der Waals surface area (Å²) in [5, 5.41) is 0. The molecular weight excluding hydrogens is 364 g/mol. The zero-order chi connectivity index (χ0) is 21.1. The summed E-state index contributed by atoms with van der Waals surface area (Å²) >= 11 is 0. The van der Waals surface area contributed by atoms with Gasteiger partial charge in [-0.05, 0) is 123 Å². The van der Waals surface area contributed by atoms with E-state index in [1.165, 1.54) is 63.5 Å². The summed E-state index contributed by atoms with van der Waals surface area (Å²) in [7, 11) is 0. The average molecular weight is 409 g/mol. The molecular formula is C28H44N2. The molecule has 4 aliphatic carbocycles.